The Balaban J connectivity index is 0.00000441. The number of hydrogen-bond acceptors (Lipinski definition) is 5. The maximum atomic E-state index is 11.6. The van der Waals surface area contributed by atoms with E-state index < -0.39 is 17.9 Å². The molecule has 0 bridgehead atoms. The van der Waals surface area contributed by atoms with Gasteiger partial charge in [-0.2, -0.15) is 0 Å². The number of amides is 1. The summed E-state index contributed by atoms with van der Waals surface area (Å²) in [6.07, 6.45) is -0.177. The van der Waals surface area contributed by atoms with E-state index in [2.05, 4.69) is 5.32 Å². The van der Waals surface area contributed by atoms with Crippen LogP contribution in [0.25, 0.3) is 0 Å². The van der Waals surface area contributed by atoms with E-state index in [0.29, 0.717) is 0 Å². The summed E-state index contributed by atoms with van der Waals surface area (Å²) < 4.78 is 4.84. The van der Waals surface area contributed by atoms with Crippen LogP contribution >= 0.6 is 35.6 Å². The number of phenolic OH excluding ortho intramolecular Hbond substituents is 1. The van der Waals surface area contributed by atoms with Crippen molar-refractivity contribution in [2.24, 2.45) is 5.73 Å². The van der Waals surface area contributed by atoms with E-state index in [1.165, 1.54) is 12.1 Å². The highest BCUT2D eigenvalue weighted by Gasteiger charge is 2.23. The number of aromatic hydroxyl groups is 1. The number of ether oxygens (including phenoxy) is 1. The number of carbonyl (C=O) groups excluding carboxylic acids is 2. The van der Waals surface area contributed by atoms with E-state index in [1.807, 2.05) is 0 Å². The van der Waals surface area contributed by atoms with Gasteiger partial charge in [-0.05, 0) is 19.1 Å². The summed E-state index contributed by atoms with van der Waals surface area (Å²) in [6, 6.07) is 1.94. The van der Waals surface area contributed by atoms with Crippen molar-refractivity contribution in [3.63, 3.8) is 0 Å². The lowest BCUT2D eigenvalue weighted by molar-refractivity contribution is -0.143. The molecule has 0 radical (unpaired) electrons. The molecule has 0 aromatic heterocycles. The number of phenols is 1. The fourth-order valence-corrected chi connectivity index (χ4v) is 2.24. The lowest BCUT2D eigenvalue weighted by atomic mass is 10.0. The predicted molar refractivity (Wildman–Crippen MR) is 86.6 cm³/mol. The van der Waals surface area contributed by atoms with Gasteiger partial charge in [-0.15, -0.1) is 12.4 Å². The van der Waals surface area contributed by atoms with Crippen molar-refractivity contribution in [1.29, 1.82) is 0 Å². The van der Waals surface area contributed by atoms with Crippen LogP contribution in [0.4, 0.5) is 0 Å². The molecule has 1 atom stereocenters. The molecule has 0 aliphatic heterocycles. The Hall–Kier alpha value is -1.21. The van der Waals surface area contributed by atoms with Crippen LogP contribution in [0.2, 0.25) is 10.0 Å². The summed E-state index contributed by atoms with van der Waals surface area (Å²) in [5.74, 6) is -1.28. The Morgan fingerprint density at radius 3 is 2.59 bits per heavy atom. The third kappa shape index (κ3) is 5.88. The second kappa shape index (κ2) is 9.74. The zero-order valence-corrected chi connectivity index (χ0v) is 14.1. The molecular formula is C13H17Cl3N2O4. The highest BCUT2D eigenvalue weighted by molar-refractivity contribution is 6.35. The number of benzene rings is 1. The second-order valence-corrected chi connectivity index (χ2v) is 5.00. The van der Waals surface area contributed by atoms with E-state index >= 15 is 0 Å². The SMILES string of the molecule is CCOC(=O)C[C@H](NC(=O)CN)c1cc(Cl)cc(Cl)c1O.Cl. The average molecular weight is 372 g/mol. The fourth-order valence-electron chi connectivity index (χ4n) is 1.73. The molecule has 1 aromatic carbocycles. The zero-order chi connectivity index (χ0) is 16.0. The van der Waals surface area contributed by atoms with Crippen molar-refractivity contribution in [3.05, 3.63) is 27.7 Å². The third-order valence-electron chi connectivity index (χ3n) is 2.63. The summed E-state index contributed by atoms with van der Waals surface area (Å²) in [5, 5.41) is 12.8. The molecule has 6 nitrogen and oxygen atoms in total. The average Bonchev–Trinajstić information content (AvgIpc) is 2.42. The van der Waals surface area contributed by atoms with Gasteiger partial charge in [0.2, 0.25) is 5.91 Å². The van der Waals surface area contributed by atoms with Crippen LogP contribution in [0.3, 0.4) is 0 Å². The van der Waals surface area contributed by atoms with Crippen LogP contribution in [-0.2, 0) is 14.3 Å². The summed E-state index contributed by atoms with van der Waals surface area (Å²) in [6.45, 7) is 1.62. The first kappa shape index (κ1) is 20.8. The molecule has 0 fully saturated rings. The number of esters is 1. The van der Waals surface area contributed by atoms with Crippen LogP contribution in [0.15, 0.2) is 12.1 Å². The Bertz CT molecular complexity index is 540. The number of nitrogens with two attached hydrogens (primary N) is 1. The summed E-state index contributed by atoms with van der Waals surface area (Å²) >= 11 is 11.7. The molecule has 0 saturated heterocycles. The minimum absolute atomic E-state index is 0. The largest absolute Gasteiger partial charge is 0.506 e. The molecule has 0 aliphatic carbocycles. The lowest BCUT2D eigenvalue weighted by Crippen LogP contribution is -2.35. The number of hydrogen-bond donors (Lipinski definition) is 3. The highest BCUT2D eigenvalue weighted by Crippen LogP contribution is 2.36. The van der Waals surface area contributed by atoms with Gasteiger partial charge in [0.05, 0.1) is 30.6 Å². The second-order valence-electron chi connectivity index (χ2n) is 4.16. The van der Waals surface area contributed by atoms with Gasteiger partial charge in [-0.1, -0.05) is 23.2 Å². The monoisotopic (exact) mass is 370 g/mol. The molecule has 22 heavy (non-hydrogen) atoms. The van der Waals surface area contributed by atoms with Crippen LogP contribution in [-0.4, -0.2) is 30.1 Å². The summed E-state index contributed by atoms with van der Waals surface area (Å²) in [5.41, 5.74) is 5.47. The Kier molecular flexibility index (Phi) is 9.20. The molecule has 0 saturated carbocycles. The van der Waals surface area contributed by atoms with Crippen molar-refractivity contribution < 1.29 is 19.4 Å². The minimum atomic E-state index is -0.837. The number of nitrogens with one attached hydrogen (secondary N) is 1. The summed E-state index contributed by atoms with van der Waals surface area (Å²) in [4.78, 5) is 23.1. The van der Waals surface area contributed by atoms with Crippen molar-refractivity contribution in [2.75, 3.05) is 13.2 Å². The van der Waals surface area contributed by atoms with E-state index in [4.69, 9.17) is 33.7 Å². The smallest absolute Gasteiger partial charge is 0.308 e. The third-order valence-corrected chi connectivity index (χ3v) is 3.14. The topological polar surface area (TPSA) is 102 Å². The molecule has 1 aromatic rings. The minimum Gasteiger partial charge on any atom is -0.506 e. The van der Waals surface area contributed by atoms with E-state index in [9.17, 15) is 14.7 Å². The lowest BCUT2D eigenvalue weighted by Gasteiger charge is -2.20. The number of halogens is 3. The normalized spacial score (nSPS) is 11.3. The molecular weight excluding hydrogens is 355 g/mol. The Morgan fingerprint density at radius 2 is 2.05 bits per heavy atom. The molecule has 9 heteroatoms. The molecule has 0 unspecified atom stereocenters. The number of rotatable bonds is 6. The molecule has 0 spiro atoms. The first-order valence-electron chi connectivity index (χ1n) is 6.22. The highest BCUT2D eigenvalue weighted by atomic mass is 35.5. The molecule has 4 N–H and O–H groups in total. The van der Waals surface area contributed by atoms with Gasteiger partial charge in [-0.25, -0.2) is 0 Å². The van der Waals surface area contributed by atoms with Crippen LogP contribution in [0, 0.1) is 0 Å². The summed E-state index contributed by atoms with van der Waals surface area (Å²) in [7, 11) is 0. The van der Waals surface area contributed by atoms with Gasteiger partial charge in [-0.3, -0.25) is 9.59 Å². The fraction of sp³-hybridized carbons (Fsp3) is 0.385. The maximum absolute atomic E-state index is 11.6. The first-order chi connectivity index (χ1) is 9.88. The van der Waals surface area contributed by atoms with Crippen molar-refractivity contribution in [2.45, 2.75) is 19.4 Å². The molecule has 0 aliphatic rings. The van der Waals surface area contributed by atoms with Gasteiger partial charge in [0, 0.05) is 10.6 Å². The van der Waals surface area contributed by atoms with Gasteiger partial charge in [0.25, 0.3) is 0 Å². The molecule has 1 amide bonds. The molecule has 124 valence electrons. The van der Waals surface area contributed by atoms with Crippen molar-refractivity contribution in [1.82, 2.24) is 5.32 Å². The van der Waals surface area contributed by atoms with Crippen LogP contribution < -0.4 is 11.1 Å². The Labute approximate surface area is 144 Å². The quantitative estimate of drug-likeness (QED) is 0.665. The van der Waals surface area contributed by atoms with Gasteiger partial charge < -0.3 is 20.9 Å². The van der Waals surface area contributed by atoms with Crippen molar-refractivity contribution in [3.8, 4) is 5.75 Å². The van der Waals surface area contributed by atoms with E-state index in [0.717, 1.165) is 0 Å². The first-order valence-corrected chi connectivity index (χ1v) is 6.97. The van der Waals surface area contributed by atoms with Crippen LogP contribution in [0.1, 0.15) is 24.9 Å². The van der Waals surface area contributed by atoms with Gasteiger partial charge in [0.15, 0.2) is 0 Å². The standard InChI is InChI=1S/C13H16Cl2N2O4.ClH/c1-2-21-12(19)5-10(17-11(18)6-16)8-3-7(14)4-9(15)13(8)20;/h3-4,10,20H,2,5-6,16H2,1H3,(H,17,18);1H/t10-;/m0./s1. The van der Waals surface area contributed by atoms with Crippen LogP contribution in [0.5, 0.6) is 5.75 Å². The Morgan fingerprint density at radius 1 is 1.41 bits per heavy atom. The molecule has 1 rings (SSSR count). The van der Waals surface area contributed by atoms with E-state index in [-0.39, 0.29) is 53.3 Å². The maximum Gasteiger partial charge on any atom is 0.308 e. The van der Waals surface area contributed by atoms with Gasteiger partial charge in [0.1, 0.15) is 5.75 Å². The van der Waals surface area contributed by atoms with Gasteiger partial charge >= 0.3 is 5.97 Å². The molecule has 0 heterocycles. The predicted octanol–water partition coefficient (Wildman–Crippen LogP) is 2.19. The van der Waals surface area contributed by atoms with Crippen molar-refractivity contribution >= 4 is 47.5 Å². The zero-order valence-electron chi connectivity index (χ0n) is 11.8. The van der Waals surface area contributed by atoms with E-state index in [1.54, 1.807) is 6.92 Å². The number of carbonyl (C=O) groups is 2.